The van der Waals surface area contributed by atoms with Crippen molar-refractivity contribution in [3.05, 3.63) is 89.0 Å². The number of likely N-dealkylation sites (tertiary alicyclic amines) is 1. The van der Waals surface area contributed by atoms with Crippen molar-refractivity contribution >= 4 is 17.4 Å². The van der Waals surface area contributed by atoms with Gasteiger partial charge in [-0.2, -0.15) is 0 Å². The van der Waals surface area contributed by atoms with E-state index >= 15 is 0 Å². The number of hydrogen-bond acceptors (Lipinski definition) is 7. The molecule has 0 spiro atoms. The van der Waals surface area contributed by atoms with Crippen LogP contribution in [0.15, 0.2) is 72.3 Å². The van der Waals surface area contributed by atoms with Gasteiger partial charge in [-0.1, -0.05) is 42.5 Å². The summed E-state index contributed by atoms with van der Waals surface area (Å²) in [6.07, 6.45) is 0.447. The number of hydrogen-bond donors (Lipinski definition) is 1. The van der Waals surface area contributed by atoms with Crippen LogP contribution in [0.2, 0.25) is 0 Å². The Balaban J connectivity index is 1.78. The standard InChI is InChI=1S/C29H29NO7/c1-34-21-12-10-18(16-23(21)36-3)14-15-30-26(20-11-13-22(35-2)24(17-20)37-4)25(28(32)29(30)33)27(31)19-8-6-5-7-9-19/h5-13,16-17,26,31H,14-15H2,1-4H3/t26-/m1/s1. The maximum atomic E-state index is 13.3. The van der Waals surface area contributed by atoms with Crippen molar-refractivity contribution in [3.8, 4) is 23.0 Å². The van der Waals surface area contributed by atoms with Crippen LogP contribution in [-0.2, 0) is 16.0 Å². The lowest BCUT2D eigenvalue weighted by Crippen LogP contribution is -2.31. The molecule has 0 aromatic heterocycles. The summed E-state index contributed by atoms with van der Waals surface area (Å²) in [4.78, 5) is 28.1. The third-order valence-electron chi connectivity index (χ3n) is 6.40. The Kier molecular flexibility index (Phi) is 7.67. The highest BCUT2D eigenvalue weighted by Crippen LogP contribution is 2.42. The van der Waals surface area contributed by atoms with Gasteiger partial charge in [-0.15, -0.1) is 0 Å². The molecule has 3 aromatic carbocycles. The molecule has 0 saturated carbocycles. The van der Waals surface area contributed by atoms with Crippen molar-refractivity contribution in [2.75, 3.05) is 35.0 Å². The maximum absolute atomic E-state index is 13.3. The minimum absolute atomic E-state index is 0.0238. The van der Waals surface area contributed by atoms with Crippen molar-refractivity contribution in [3.63, 3.8) is 0 Å². The van der Waals surface area contributed by atoms with Crippen LogP contribution in [0, 0.1) is 0 Å². The Morgan fingerprint density at radius 2 is 1.38 bits per heavy atom. The fourth-order valence-corrected chi connectivity index (χ4v) is 4.52. The van der Waals surface area contributed by atoms with Gasteiger partial charge >= 0.3 is 0 Å². The second-order valence-electron chi connectivity index (χ2n) is 8.41. The van der Waals surface area contributed by atoms with E-state index in [0.29, 0.717) is 40.5 Å². The van der Waals surface area contributed by atoms with Crippen LogP contribution in [0.3, 0.4) is 0 Å². The topological polar surface area (TPSA) is 94.5 Å². The highest BCUT2D eigenvalue weighted by atomic mass is 16.5. The van der Waals surface area contributed by atoms with Crippen LogP contribution in [0.5, 0.6) is 23.0 Å². The molecular weight excluding hydrogens is 474 g/mol. The first-order chi connectivity index (χ1) is 17.9. The third-order valence-corrected chi connectivity index (χ3v) is 6.40. The molecule has 1 aliphatic rings. The Hall–Kier alpha value is -4.46. The minimum atomic E-state index is -0.819. The normalized spacial score (nSPS) is 16.5. The van der Waals surface area contributed by atoms with Gasteiger partial charge in [-0.25, -0.2) is 0 Å². The molecule has 0 unspecified atom stereocenters. The maximum Gasteiger partial charge on any atom is 0.295 e. The zero-order chi connectivity index (χ0) is 26.5. The summed E-state index contributed by atoms with van der Waals surface area (Å²) in [6, 6.07) is 18.6. The smallest absolute Gasteiger partial charge is 0.295 e. The van der Waals surface area contributed by atoms with Crippen LogP contribution in [-0.4, -0.2) is 56.7 Å². The summed E-state index contributed by atoms with van der Waals surface area (Å²) < 4.78 is 21.5. The number of Topliss-reactive ketones (excluding diaryl/α,β-unsaturated/α-hetero) is 1. The second kappa shape index (κ2) is 11.1. The van der Waals surface area contributed by atoms with Crippen molar-refractivity contribution in [2.24, 2.45) is 0 Å². The molecule has 1 atom stereocenters. The molecule has 8 heteroatoms. The van der Waals surface area contributed by atoms with E-state index < -0.39 is 17.7 Å². The van der Waals surface area contributed by atoms with Crippen molar-refractivity contribution in [1.82, 2.24) is 4.90 Å². The first kappa shape index (κ1) is 25.6. The summed E-state index contributed by atoms with van der Waals surface area (Å²) in [5, 5.41) is 11.2. The molecule has 192 valence electrons. The monoisotopic (exact) mass is 503 g/mol. The second-order valence-corrected chi connectivity index (χ2v) is 8.41. The van der Waals surface area contributed by atoms with Crippen molar-refractivity contribution < 1.29 is 33.6 Å². The van der Waals surface area contributed by atoms with Gasteiger partial charge in [0.2, 0.25) is 0 Å². The number of carbonyl (C=O) groups excluding carboxylic acids is 2. The molecule has 1 N–H and O–H groups in total. The van der Waals surface area contributed by atoms with Crippen LogP contribution >= 0.6 is 0 Å². The van der Waals surface area contributed by atoms with Gasteiger partial charge in [0.25, 0.3) is 11.7 Å². The minimum Gasteiger partial charge on any atom is -0.507 e. The summed E-state index contributed by atoms with van der Waals surface area (Å²) in [5.74, 6) is 0.475. The number of ketones is 1. The Morgan fingerprint density at radius 1 is 0.784 bits per heavy atom. The molecule has 0 aliphatic carbocycles. The van der Waals surface area contributed by atoms with Gasteiger partial charge in [0.1, 0.15) is 5.76 Å². The van der Waals surface area contributed by atoms with E-state index in [1.807, 2.05) is 18.2 Å². The molecule has 1 saturated heterocycles. The van der Waals surface area contributed by atoms with Gasteiger partial charge in [-0.3, -0.25) is 9.59 Å². The SMILES string of the molecule is COc1ccc(CCN2C(=O)C(=O)C(=C(O)c3ccccc3)[C@H]2c2ccc(OC)c(OC)c2)cc1OC. The number of carbonyl (C=O) groups is 2. The first-order valence-electron chi connectivity index (χ1n) is 11.7. The number of benzene rings is 3. The van der Waals surface area contributed by atoms with Gasteiger partial charge in [0.15, 0.2) is 23.0 Å². The number of ether oxygens (including phenoxy) is 4. The van der Waals surface area contributed by atoms with E-state index in [0.717, 1.165) is 5.56 Å². The summed E-state index contributed by atoms with van der Waals surface area (Å²) in [7, 11) is 6.16. The molecule has 1 fully saturated rings. The Bertz CT molecular complexity index is 1330. The number of methoxy groups -OCH3 is 4. The number of rotatable bonds is 9. The molecule has 4 rings (SSSR count). The van der Waals surface area contributed by atoms with Gasteiger partial charge in [-0.05, 0) is 41.8 Å². The molecule has 1 heterocycles. The predicted molar refractivity (Wildman–Crippen MR) is 138 cm³/mol. The highest BCUT2D eigenvalue weighted by Gasteiger charge is 2.46. The van der Waals surface area contributed by atoms with Crippen LogP contribution < -0.4 is 18.9 Å². The van der Waals surface area contributed by atoms with E-state index in [1.54, 1.807) is 62.8 Å². The van der Waals surface area contributed by atoms with Crippen LogP contribution in [0.4, 0.5) is 0 Å². The first-order valence-corrected chi connectivity index (χ1v) is 11.7. The number of aliphatic hydroxyl groups excluding tert-OH is 1. The molecular formula is C29H29NO7. The van der Waals surface area contributed by atoms with Gasteiger partial charge in [0.05, 0.1) is 40.1 Å². The van der Waals surface area contributed by atoms with Crippen molar-refractivity contribution in [2.45, 2.75) is 12.5 Å². The van der Waals surface area contributed by atoms with E-state index in [2.05, 4.69) is 0 Å². The van der Waals surface area contributed by atoms with Crippen LogP contribution in [0.25, 0.3) is 5.76 Å². The average Bonchev–Trinajstić information content (AvgIpc) is 3.20. The average molecular weight is 504 g/mol. The van der Waals surface area contributed by atoms with E-state index in [1.165, 1.54) is 19.1 Å². The fourth-order valence-electron chi connectivity index (χ4n) is 4.52. The Morgan fingerprint density at radius 3 is 2.00 bits per heavy atom. The predicted octanol–water partition coefficient (Wildman–Crippen LogP) is 4.39. The molecule has 1 aliphatic heterocycles. The van der Waals surface area contributed by atoms with Gasteiger partial charge < -0.3 is 29.0 Å². The highest BCUT2D eigenvalue weighted by molar-refractivity contribution is 6.46. The fraction of sp³-hybridized carbons (Fsp3) is 0.241. The molecule has 8 nitrogen and oxygen atoms in total. The summed E-state index contributed by atoms with van der Waals surface area (Å²) in [6.45, 7) is 0.227. The number of aliphatic hydroxyl groups is 1. The lowest BCUT2D eigenvalue weighted by molar-refractivity contribution is -0.139. The summed E-state index contributed by atoms with van der Waals surface area (Å²) >= 11 is 0. The molecule has 0 bridgehead atoms. The zero-order valence-corrected chi connectivity index (χ0v) is 21.2. The van der Waals surface area contributed by atoms with Crippen LogP contribution in [0.1, 0.15) is 22.7 Å². The third kappa shape index (κ3) is 4.95. The van der Waals surface area contributed by atoms with E-state index in [4.69, 9.17) is 18.9 Å². The van der Waals surface area contributed by atoms with Crippen molar-refractivity contribution in [1.29, 1.82) is 0 Å². The number of nitrogens with zero attached hydrogens (tertiary/aromatic N) is 1. The molecule has 3 aromatic rings. The van der Waals surface area contributed by atoms with Gasteiger partial charge in [0, 0.05) is 12.1 Å². The molecule has 0 radical (unpaired) electrons. The lowest BCUT2D eigenvalue weighted by atomic mass is 9.95. The van der Waals surface area contributed by atoms with E-state index in [-0.39, 0.29) is 17.9 Å². The van der Waals surface area contributed by atoms with E-state index in [9.17, 15) is 14.7 Å². The quantitative estimate of drug-likeness (QED) is 0.263. The Labute approximate surface area is 215 Å². The zero-order valence-electron chi connectivity index (χ0n) is 21.2. The number of amides is 1. The largest absolute Gasteiger partial charge is 0.507 e. The summed E-state index contributed by atoms with van der Waals surface area (Å²) in [5.41, 5.74) is 1.98. The molecule has 1 amide bonds. The lowest BCUT2D eigenvalue weighted by Gasteiger charge is -2.26. The molecule has 37 heavy (non-hydrogen) atoms.